The van der Waals surface area contributed by atoms with Gasteiger partial charge < -0.3 is 23.7 Å². The van der Waals surface area contributed by atoms with E-state index in [1.54, 1.807) is 121 Å². The second-order valence-electron chi connectivity index (χ2n) is 9.25. The van der Waals surface area contributed by atoms with Gasteiger partial charge in [-0.3, -0.25) is 0 Å². The summed E-state index contributed by atoms with van der Waals surface area (Å²) in [6.45, 7) is -0.390. The summed E-state index contributed by atoms with van der Waals surface area (Å²) in [7, 11) is 0. The van der Waals surface area contributed by atoms with E-state index in [0.29, 0.717) is 5.56 Å². The smallest absolute Gasteiger partial charge is 0.340 e. The molecule has 0 spiro atoms. The Morgan fingerprint density at radius 2 is 0.833 bits per heavy atom. The molecule has 0 N–H and O–H groups in total. The zero-order valence-corrected chi connectivity index (χ0v) is 22.2. The molecule has 0 aliphatic carbocycles. The van der Waals surface area contributed by atoms with E-state index in [1.807, 2.05) is 0 Å². The average Bonchev–Trinajstić information content (AvgIpc) is 3.35. The topological polar surface area (TPSA) is 114 Å². The van der Waals surface area contributed by atoms with Gasteiger partial charge in [-0.15, -0.1) is 0 Å². The molecule has 4 aromatic rings. The van der Waals surface area contributed by atoms with Crippen LogP contribution in [0.1, 0.15) is 41.4 Å². The molecule has 9 heteroatoms. The molecule has 1 aliphatic rings. The van der Waals surface area contributed by atoms with Gasteiger partial charge in [0.05, 0.1) is 22.3 Å². The molecule has 0 amide bonds. The van der Waals surface area contributed by atoms with Crippen molar-refractivity contribution in [3.8, 4) is 0 Å². The molecule has 1 heterocycles. The lowest BCUT2D eigenvalue weighted by molar-refractivity contribution is -0.141. The number of carbonyl (C=O) groups is 4. The lowest BCUT2D eigenvalue weighted by Crippen LogP contribution is -2.42. The van der Waals surface area contributed by atoms with Crippen molar-refractivity contribution in [1.29, 1.82) is 0 Å². The van der Waals surface area contributed by atoms with Crippen LogP contribution < -0.4 is 0 Å². The van der Waals surface area contributed by atoms with Crippen LogP contribution >= 0.6 is 0 Å². The normalized spacial score (nSPS) is 19.3. The maximum Gasteiger partial charge on any atom is 0.340 e. The van der Waals surface area contributed by atoms with E-state index in [0.717, 1.165) is 0 Å². The van der Waals surface area contributed by atoms with Crippen molar-refractivity contribution in [2.75, 3.05) is 6.61 Å². The van der Waals surface area contributed by atoms with E-state index in [-0.39, 0.29) is 23.3 Å². The summed E-state index contributed by atoms with van der Waals surface area (Å²) in [5.41, 5.74) is 0.978. The van der Waals surface area contributed by atoms with E-state index >= 15 is 0 Å². The van der Waals surface area contributed by atoms with Gasteiger partial charge in [0, 0.05) is 0 Å². The molecule has 1 fully saturated rings. The lowest BCUT2D eigenvalue weighted by Gasteiger charge is -2.24. The van der Waals surface area contributed by atoms with E-state index in [2.05, 4.69) is 0 Å². The number of carbonyl (C=O) groups excluding carboxylic acids is 4. The van der Waals surface area contributed by atoms with Crippen LogP contribution in [-0.4, -0.2) is 55.1 Å². The third kappa shape index (κ3) is 6.89. The summed E-state index contributed by atoms with van der Waals surface area (Å²) in [5, 5.41) is 0. The Labute approximate surface area is 241 Å². The van der Waals surface area contributed by atoms with Crippen LogP contribution in [0.5, 0.6) is 0 Å². The number of esters is 4. The first-order valence-corrected chi connectivity index (χ1v) is 13.2. The molecule has 212 valence electrons. The Kier molecular flexibility index (Phi) is 9.00. The minimum absolute atomic E-state index is 0.220. The van der Waals surface area contributed by atoms with Crippen molar-refractivity contribution in [2.45, 2.75) is 24.6 Å². The molecule has 1 saturated heterocycles. The molecule has 1 aliphatic heterocycles. The van der Waals surface area contributed by atoms with Gasteiger partial charge in [-0.25, -0.2) is 19.2 Å². The third-order valence-electron chi connectivity index (χ3n) is 6.39. The first-order chi connectivity index (χ1) is 20.5. The van der Waals surface area contributed by atoms with Crippen molar-refractivity contribution < 1.29 is 42.9 Å². The van der Waals surface area contributed by atoms with Gasteiger partial charge in [-0.1, -0.05) is 72.8 Å². The van der Waals surface area contributed by atoms with Gasteiger partial charge >= 0.3 is 23.9 Å². The standard InChI is InChI=1S/C33H26O9/c34-29(22-13-5-1-6-14-22)38-21-26-27(40-30(35)23-15-7-2-8-16-23)28(41-31(36)24-17-9-3-10-18-24)33(39-26)42-32(37)25-19-11-4-12-20-25/h1-20,26-28,33H,21H2/t26-,27-,28-,33-/m0/s1. The van der Waals surface area contributed by atoms with Crippen LogP contribution in [0.2, 0.25) is 0 Å². The first-order valence-electron chi connectivity index (χ1n) is 13.2. The van der Waals surface area contributed by atoms with E-state index in [4.69, 9.17) is 23.7 Å². The quantitative estimate of drug-likeness (QED) is 0.207. The largest absolute Gasteiger partial charge is 0.459 e. The molecule has 0 aromatic heterocycles. The van der Waals surface area contributed by atoms with E-state index in [9.17, 15) is 19.2 Å². The predicted octanol–water partition coefficient (Wildman–Crippen LogP) is 4.88. The summed E-state index contributed by atoms with van der Waals surface area (Å²) in [5.74, 6) is -2.89. The molecule has 9 nitrogen and oxygen atoms in total. The van der Waals surface area contributed by atoms with E-state index in [1.165, 1.54) is 0 Å². The Balaban J connectivity index is 1.43. The molecule has 5 rings (SSSR count). The minimum Gasteiger partial charge on any atom is -0.459 e. The van der Waals surface area contributed by atoms with Gasteiger partial charge in [0.25, 0.3) is 0 Å². The minimum atomic E-state index is -1.49. The third-order valence-corrected chi connectivity index (χ3v) is 6.39. The van der Waals surface area contributed by atoms with Crippen LogP contribution in [0.4, 0.5) is 0 Å². The number of rotatable bonds is 9. The summed E-state index contributed by atoms with van der Waals surface area (Å²) in [6.07, 6.45) is -5.33. The molecule has 0 saturated carbocycles. The van der Waals surface area contributed by atoms with Gasteiger partial charge in [-0.2, -0.15) is 0 Å². The molecule has 42 heavy (non-hydrogen) atoms. The summed E-state index contributed by atoms with van der Waals surface area (Å²) in [6, 6.07) is 32.8. The van der Waals surface area contributed by atoms with Crippen LogP contribution in [0, 0.1) is 0 Å². The number of hydrogen-bond donors (Lipinski definition) is 0. The molecule has 0 unspecified atom stereocenters. The highest BCUT2D eigenvalue weighted by Crippen LogP contribution is 2.30. The maximum absolute atomic E-state index is 13.1. The molecular weight excluding hydrogens is 540 g/mol. The van der Waals surface area contributed by atoms with Crippen molar-refractivity contribution >= 4 is 23.9 Å². The fourth-order valence-corrected chi connectivity index (χ4v) is 4.28. The van der Waals surface area contributed by atoms with Crippen LogP contribution in [0.25, 0.3) is 0 Å². The molecule has 0 radical (unpaired) electrons. The number of benzene rings is 4. The first kappa shape index (κ1) is 28.3. The monoisotopic (exact) mass is 566 g/mol. The highest BCUT2D eigenvalue weighted by atomic mass is 16.8. The fraction of sp³-hybridized carbons (Fsp3) is 0.152. The zero-order chi connectivity index (χ0) is 29.3. The Bertz CT molecular complexity index is 1510. The van der Waals surface area contributed by atoms with Crippen molar-refractivity contribution in [2.24, 2.45) is 0 Å². The number of hydrogen-bond acceptors (Lipinski definition) is 9. The Morgan fingerprint density at radius 1 is 0.476 bits per heavy atom. The Morgan fingerprint density at radius 3 is 1.26 bits per heavy atom. The van der Waals surface area contributed by atoms with Crippen molar-refractivity contribution in [3.63, 3.8) is 0 Å². The van der Waals surface area contributed by atoms with Crippen molar-refractivity contribution in [3.05, 3.63) is 144 Å². The summed E-state index contributed by atoms with van der Waals surface area (Å²) < 4.78 is 28.6. The highest BCUT2D eigenvalue weighted by molar-refractivity contribution is 5.91. The van der Waals surface area contributed by atoms with Gasteiger partial charge in [0.1, 0.15) is 12.7 Å². The van der Waals surface area contributed by atoms with Gasteiger partial charge in [-0.05, 0) is 48.5 Å². The highest BCUT2D eigenvalue weighted by Gasteiger charge is 2.52. The molecule has 4 atom stereocenters. The van der Waals surface area contributed by atoms with Gasteiger partial charge in [0.15, 0.2) is 6.10 Å². The zero-order valence-electron chi connectivity index (χ0n) is 22.2. The molecule has 4 aromatic carbocycles. The summed E-state index contributed by atoms with van der Waals surface area (Å²) >= 11 is 0. The van der Waals surface area contributed by atoms with Crippen molar-refractivity contribution in [1.82, 2.24) is 0 Å². The Hall–Kier alpha value is -5.28. The van der Waals surface area contributed by atoms with Crippen LogP contribution in [0.3, 0.4) is 0 Å². The SMILES string of the molecule is O=C(OC[C@@H]1O[C@@H](OC(=O)c2ccccc2)[C@@H](OC(=O)c2ccccc2)[C@H]1OC(=O)c1ccccc1)c1ccccc1. The maximum atomic E-state index is 13.1. The second kappa shape index (κ2) is 13.4. The average molecular weight is 567 g/mol. The summed E-state index contributed by atoms with van der Waals surface area (Å²) in [4.78, 5) is 51.9. The number of ether oxygens (including phenoxy) is 5. The van der Waals surface area contributed by atoms with Crippen LogP contribution in [0.15, 0.2) is 121 Å². The molecular formula is C33H26O9. The second-order valence-corrected chi connectivity index (χ2v) is 9.25. The van der Waals surface area contributed by atoms with Gasteiger partial charge in [0.2, 0.25) is 12.4 Å². The predicted molar refractivity (Wildman–Crippen MR) is 149 cm³/mol. The molecule has 0 bridgehead atoms. The fourth-order valence-electron chi connectivity index (χ4n) is 4.28. The van der Waals surface area contributed by atoms with E-state index < -0.39 is 48.5 Å². The lowest BCUT2D eigenvalue weighted by atomic mass is 10.1. The van der Waals surface area contributed by atoms with Crippen LogP contribution in [-0.2, 0) is 23.7 Å².